The number of aromatic nitrogens is 3. The minimum absolute atomic E-state index is 0.0915. The van der Waals surface area contributed by atoms with E-state index in [-0.39, 0.29) is 10.6 Å². The number of nitrogens with one attached hydrogen (secondary N) is 1. The maximum atomic E-state index is 11.3. The highest BCUT2D eigenvalue weighted by atomic mass is 32.1. The highest BCUT2D eigenvalue weighted by Crippen LogP contribution is 2.28. The first-order valence-electron chi connectivity index (χ1n) is 6.88. The van der Waals surface area contributed by atoms with E-state index in [1.54, 1.807) is 23.1 Å². The van der Waals surface area contributed by atoms with Gasteiger partial charge in [-0.25, -0.2) is 9.67 Å². The SMILES string of the molecule is CCCc1nn(C)c(NCCc2csc(C)n2)c1[N+](=O)[O-]. The summed E-state index contributed by atoms with van der Waals surface area (Å²) in [6.45, 7) is 4.54. The highest BCUT2D eigenvalue weighted by molar-refractivity contribution is 7.09. The van der Waals surface area contributed by atoms with Crippen LogP contribution in [-0.4, -0.2) is 26.2 Å². The lowest BCUT2D eigenvalue weighted by molar-refractivity contribution is -0.384. The normalized spacial score (nSPS) is 10.8. The Kier molecular flexibility index (Phi) is 4.89. The maximum Gasteiger partial charge on any atom is 0.333 e. The van der Waals surface area contributed by atoms with Crippen LogP contribution in [0.25, 0.3) is 0 Å². The van der Waals surface area contributed by atoms with Crippen LogP contribution in [-0.2, 0) is 19.9 Å². The Morgan fingerprint density at radius 2 is 2.24 bits per heavy atom. The highest BCUT2D eigenvalue weighted by Gasteiger charge is 2.25. The first kappa shape index (κ1) is 15.4. The molecule has 0 fully saturated rings. The molecule has 1 N–H and O–H groups in total. The number of nitro groups is 1. The molecule has 0 atom stereocenters. The van der Waals surface area contributed by atoms with Gasteiger partial charge in [0.1, 0.15) is 5.69 Å². The predicted molar refractivity (Wildman–Crippen MR) is 82.9 cm³/mol. The largest absolute Gasteiger partial charge is 0.364 e. The van der Waals surface area contributed by atoms with Crippen molar-refractivity contribution in [3.05, 3.63) is 31.9 Å². The molecule has 0 spiro atoms. The smallest absolute Gasteiger partial charge is 0.333 e. The van der Waals surface area contributed by atoms with Crippen LogP contribution in [0.1, 0.15) is 29.7 Å². The van der Waals surface area contributed by atoms with Crippen molar-refractivity contribution in [3.8, 4) is 0 Å². The molecule has 7 nitrogen and oxygen atoms in total. The third-order valence-electron chi connectivity index (χ3n) is 3.10. The van der Waals surface area contributed by atoms with Crippen molar-refractivity contribution < 1.29 is 4.92 Å². The van der Waals surface area contributed by atoms with Crippen molar-refractivity contribution >= 4 is 22.8 Å². The first-order valence-corrected chi connectivity index (χ1v) is 7.76. The van der Waals surface area contributed by atoms with E-state index in [0.29, 0.717) is 24.5 Å². The zero-order chi connectivity index (χ0) is 15.4. The molecule has 2 heterocycles. The van der Waals surface area contributed by atoms with E-state index in [2.05, 4.69) is 15.4 Å². The number of hydrogen-bond acceptors (Lipinski definition) is 6. The molecule has 2 rings (SSSR count). The van der Waals surface area contributed by atoms with Crippen LogP contribution >= 0.6 is 11.3 Å². The summed E-state index contributed by atoms with van der Waals surface area (Å²) in [4.78, 5) is 15.3. The van der Waals surface area contributed by atoms with E-state index in [1.165, 1.54) is 0 Å². The number of anilines is 1. The molecule has 0 amide bonds. The fraction of sp³-hybridized carbons (Fsp3) is 0.538. The Labute approximate surface area is 127 Å². The minimum atomic E-state index is -0.354. The fourth-order valence-electron chi connectivity index (χ4n) is 2.20. The second kappa shape index (κ2) is 6.66. The second-order valence-corrected chi connectivity index (χ2v) is 5.87. The molecular formula is C13H19N5O2S. The van der Waals surface area contributed by atoms with Gasteiger partial charge in [-0.05, 0) is 13.3 Å². The summed E-state index contributed by atoms with van der Waals surface area (Å²) in [7, 11) is 1.72. The number of hydrogen-bond donors (Lipinski definition) is 1. The summed E-state index contributed by atoms with van der Waals surface area (Å²) >= 11 is 1.61. The summed E-state index contributed by atoms with van der Waals surface area (Å²) < 4.78 is 1.55. The van der Waals surface area contributed by atoms with Gasteiger partial charge in [-0.2, -0.15) is 5.10 Å². The second-order valence-electron chi connectivity index (χ2n) is 4.81. The van der Waals surface area contributed by atoms with Crippen molar-refractivity contribution in [2.75, 3.05) is 11.9 Å². The van der Waals surface area contributed by atoms with Crippen molar-refractivity contribution in [3.63, 3.8) is 0 Å². The number of rotatable bonds is 7. The summed E-state index contributed by atoms with van der Waals surface area (Å²) in [6, 6.07) is 0. The number of nitrogens with zero attached hydrogens (tertiary/aromatic N) is 4. The minimum Gasteiger partial charge on any atom is -0.364 e. The third kappa shape index (κ3) is 3.57. The molecule has 0 aliphatic rings. The Hall–Kier alpha value is -1.96. The van der Waals surface area contributed by atoms with Gasteiger partial charge < -0.3 is 5.32 Å². The third-order valence-corrected chi connectivity index (χ3v) is 3.92. The molecule has 0 radical (unpaired) electrons. The molecule has 8 heteroatoms. The Morgan fingerprint density at radius 1 is 1.48 bits per heavy atom. The Bertz CT molecular complexity index is 635. The molecule has 0 aromatic carbocycles. The quantitative estimate of drug-likeness (QED) is 0.628. The molecule has 2 aromatic rings. The maximum absolute atomic E-state index is 11.3. The zero-order valence-electron chi connectivity index (χ0n) is 12.4. The van der Waals surface area contributed by atoms with Crippen LogP contribution < -0.4 is 5.32 Å². The molecule has 0 saturated carbocycles. The summed E-state index contributed by atoms with van der Waals surface area (Å²) in [5.74, 6) is 0.468. The molecule has 21 heavy (non-hydrogen) atoms. The van der Waals surface area contributed by atoms with Gasteiger partial charge in [0.05, 0.1) is 15.6 Å². The van der Waals surface area contributed by atoms with E-state index in [9.17, 15) is 10.1 Å². The van der Waals surface area contributed by atoms with Crippen molar-refractivity contribution in [2.45, 2.75) is 33.1 Å². The van der Waals surface area contributed by atoms with Gasteiger partial charge in [0.2, 0.25) is 5.82 Å². The van der Waals surface area contributed by atoms with Gasteiger partial charge in [0, 0.05) is 25.4 Å². The van der Waals surface area contributed by atoms with Crippen LogP contribution in [0.3, 0.4) is 0 Å². The van der Waals surface area contributed by atoms with Crippen LogP contribution in [0.2, 0.25) is 0 Å². The Morgan fingerprint density at radius 3 is 2.81 bits per heavy atom. The van der Waals surface area contributed by atoms with E-state index in [4.69, 9.17) is 0 Å². The summed E-state index contributed by atoms with van der Waals surface area (Å²) in [5, 5.41) is 21.7. The number of aryl methyl sites for hydroxylation is 3. The lowest BCUT2D eigenvalue weighted by atomic mass is 10.2. The van der Waals surface area contributed by atoms with Gasteiger partial charge in [-0.1, -0.05) is 13.3 Å². The lowest BCUT2D eigenvalue weighted by Crippen LogP contribution is -2.10. The molecule has 0 aliphatic carbocycles. The molecule has 0 unspecified atom stereocenters. The number of thiazole rings is 1. The average Bonchev–Trinajstić information content (AvgIpc) is 2.95. The van der Waals surface area contributed by atoms with E-state index >= 15 is 0 Å². The summed E-state index contributed by atoms with van der Waals surface area (Å²) in [5.41, 5.74) is 1.63. The van der Waals surface area contributed by atoms with Crippen LogP contribution in [0.15, 0.2) is 5.38 Å². The van der Waals surface area contributed by atoms with E-state index < -0.39 is 0 Å². The van der Waals surface area contributed by atoms with Gasteiger partial charge in [0.25, 0.3) is 0 Å². The van der Waals surface area contributed by atoms with Gasteiger partial charge in [0.15, 0.2) is 0 Å². The fourth-order valence-corrected chi connectivity index (χ4v) is 2.84. The van der Waals surface area contributed by atoms with Crippen LogP contribution in [0, 0.1) is 17.0 Å². The van der Waals surface area contributed by atoms with E-state index in [0.717, 1.165) is 23.5 Å². The Balaban J connectivity index is 2.09. The van der Waals surface area contributed by atoms with E-state index in [1.807, 2.05) is 19.2 Å². The van der Waals surface area contributed by atoms with Gasteiger partial charge >= 0.3 is 5.69 Å². The predicted octanol–water partition coefficient (Wildman–Crippen LogP) is 2.70. The molecular weight excluding hydrogens is 290 g/mol. The standard InChI is InChI=1S/C13H19N5O2S/c1-4-5-11-12(18(19)20)13(17(3)16-11)14-7-6-10-8-21-9(2)15-10/h8,14H,4-7H2,1-3H3. The van der Waals surface area contributed by atoms with Crippen LogP contribution in [0.5, 0.6) is 0 Å². The molecule has 0 aliphatic heterocycles. The van der Waals surface area contributed by atoms with Gasteiger partial charge in [-0.3, -0.25) is 10.1 Å². The molecule has 2 aromatic heterocycles. The van der Waals surface area contributed by atoms with Crippen molar-refractivity contribution in [1.82, 2.24) is 14.8 Å². The molecule has 114 valence electrons. The zero-order valence-corrected chi connectivity index (χ0v) is 13.2. The summed E-state index contributed by atoms with van der Waals surface area (Å²) in [6.07, 6.45) is 2.17. The monoisotopic (exact) mass is 309 g/mol. The van der Waals surface area contributed by atoms with Crippen molar-refractivity contribution in [2.24, 2.45) is 7.05 Å². The van der Waals surface area contributed by atoms with Crippen LogP contribution in [0.4, 0.5) is 11.5 Å². The lowest BCUT2D eigenvalue weighted by Gasteiger charge is -2.04. The average molecular weight is 309 g/mol. The van der Waals surface area contributed by atoms with Gasteiger partial charge in [-0.15, -0.1) is 11.3 Å². The van der Waals surface area contributed by atoms with Crippen molar-refractivity contribution in [1.29, 1.82) is 0 Å². The first-order chi connectivity index (χ1) is 10.0. The molecule has 0 bridgehead atoms. The topological polar surface area (TPSA) is 85.9 Å². The molecule has 0 saturated heterocycles.